The van der Waals surface area contributed by atoms with E-state index in [1.807, 2.05) is 4.98 Å². The standard InChI is InChI=1S/C5H2Cl2N2O3/c6-2-1-3(9(11)12)5(10)8-4(2)7/h1H,(H,8,10). The van der Waals surface area contributed by atoms with E-state index in [-0.39, 0.29) is 10.2 Å². The van der Waals surface area contributed by atoms with Crippen molar-refractivity contribution in [1.29, 1.82) is 0 Å². The van der Waals surface area contributed by atoms with E-state index in [0.717, 1.165) is 6.07 Å². The van der Waals surface area contributed by atoms with E-state index in [0.29, 0.717) is 0 Å². The molecule has 0 radical (unpaired) electrons. The summed E-state index contributed by atoms with van der Waals surface area (Å²) in [5.41, 5.74) is -1.49. The minimum Gasteiger partial charge on any atom is -0.306 e. The van der Waals surface area contributed by atoms with Gasteiger partial charge in [0, 0.05) is 6.07 Å². The molecular formula is C5H2Cl2N2O3. The number of hydrogen-bond acceptors (Lipinski definition) is 3. The molecule has 1 heterocycles. The third-order valence-corrected chi connectivity index (χ3v) is 1.82. The van der Waals surface area contributed by atoms with Crippen LogP contribution in [0.5, 0.6) is 0 Å². The van der Waals surface area contributed by atoms with E-state index in [1.165, 1.54) is 0 Å². The van der Waals surface area contributed by atoms with Gasteiger partial charge in [0.25, 0.3) is 0 Å². The number of rotatable bonds is 1. The van der Waals surface area contributed by atoms with Crippen molar-refractivity contribution in [1.82, 2.24) is 4.98 Å². The molecule has 0 fully saturated rings. The van der Waals surface area contributed by atoms with Crippen LogP contribution in [0.1, 0.15) is 0 Å². The van der Waals surface area contributed by atoms with Gasteiger partial charge in [-0.2, -0.15) is 0 Å². The van der Waals surface area contributed by atoms with Crippen molar-refractivity contribution < 1.29 is 4.92 Å². The molecule has 0 unspecified atom stereocenters. The first-order valence-electron chi connectivity index (χ1n) is 2.75. The molecule has 0 saturated carbocycles. The van der Waals surface area contributed by atoms with Gasteiger partial charge >= 0.3 is 11.2 Å². The number of pyridine rings is 1. The van der Waals surface area contributed by atoms with Gasteiger partial charge in [-0.15, -0.1) is 0 Å². The highest BCUT2D eigenvalue weighted by Gasteiger charge is 2.14. The smallest absolute Gasteiger partial charge is 0.306 e. The maximum atomic E-state index is 10.8. The van der Waals surface area contributed by atoms with Crippen LogP contribution in [0.4, 0.5) is 5.69 Å². The Hall–Kier alpha value is -1.07. The summed E-state index contributed by atoms with van der Waals surface area (Å²) >= 11 is 10.8. The zero-order valence-corrected chi connectivity index (χ0v) is 7.02. The molecule has 1 aromatic rings. The van der Waals surface area contributed by atoms with Gasteiger partial charge < -0.3 is 4.98 Å². The van der Waals surface area contributed by atoms with Crippen LogP contribution in [-0.4, -0.2) is 9.91 Å². The summed E-state index contributed by atoms with van der Waals surface area (Å²) in [6, 6.07) is 0.905. The summed E-state index contributed by atoms with van der Waals surface area (Å²) in [7, 11) is 0. The molecule has 0 spiro atoms. The van der Waals surface area contributed by atoms with E-state index in [2.05, 4.69) is 0 Å². The minimum atomic E-state index is -0.866. The van der Waals surface area contributed by atoms with Crippen molar-refractivity contribution in [2.45, 2.75) is 0 Å². The van der Waals surface area contributed by atoms with Crippen LogP contribution in [0, 0.1) is 10.1 Å². The highest BCUT2D eigenvalue weighted by atomic mass is 35.5. The summed E-state index contributed by atoms with van der Waals surface area (Å²) in [6.45, 7) is 0. The van der Waals surface area contributed by atoms with Gasteiger partial charge in [-0.3, -0.25) is 14.9 Å². The number of hydrogen-bond donors (Lipinski definition) is 1. The molecule has 0 aliphatic heterocycles. The number of halogens is 2. The average molecular weight is 209 g/mol. The maximum absolute atomic E-state index is 10.8. The fourth-order valence-corrected chi connectivity index (χ4v) is 0.899. The molecule has 0 aromatic carbocycles. The Kier molecular flexibility index (Phi) is 2.35. The van der Waals surface area contributed by atoms with Gasteiger partial charge in [0.05, 0.1) is 9.95 Å². The maximum Gasteiger partial charge on any atom is 0.335 e. The lowest BCUT2D eigenvalue weighted by Crippen LogP contribution is -2.11. The number of aromatic amines is 1. The third kappa shape index (κ3) is 1.57. The van der Waals surface area contributed by atoms with Crippen LogP contribution < -0.4 is 5.56 Å². The fourth-order valence-electron chi connectivity index (χ4n) is 0.608. The summed E-state index contributed by atoms with van der Waals surface area (Å²) in [4.78, 5) is 22.2. The van der Waals surface area contributed by atoms with Crippen LogP contribution in [-0.2, 0) is 0 Å². The molecule has 0 bridgehead atoms. The Bertz CT molecular complexity index is 387. The lowest BCUT2D eigenvalue weighted by Gasteiger charge is -1.93. The molecule has 0 amide bonds. The van der Waals surface area contributed by atoms with Crippen LogP contribution >= 0.6 is 23.2 Å². The van der Waals surface area contributed by atoms with Gasteiger partial charge in [0.15, 0.2) is 0 Å². The summed E-state index contributed by atoms with van der Waals surface area (Å²) in [5, 5.41) is 10.0. The van der Waals surface area contributed by atoms with Crippen molar-refractivity contribution in [3.63, 3.8) is 0 Å². The Morgan fingerprint density at radius 3 is 2.58 bits per heavy atom. The summed E-state index contributed by atoms with van der Waals surface area (Å²) in [5.74, 6) is 0. The fraction of sp³-hybridized carbons (Fsp3) is 0. The van der Waals surface area contributed by atoms with Gasteiger partial charge in [-0.25, -0.2) is 0 Å². The Labute approximate surface area is 76.1 Å². The Balaban J connectivity index is 3.43. The second-order valence-corrected chi connectivity index (χ2v) is 2.69. The van der Waals surface area contributed by atoms with Gasteiger partial charge in [-0.1, -0.05) is 23.2 Å². The topological polar surface area (TPSA) is 76.0 Å². The van der Waals surface area contributed by atoms with E-state index in [4.69, 9.17) is 23.2 Å². The van der Waals surface area contributed by atoms with Crippen LogP contribution in [0.3, 0.4) is 0 Å². The zero-order chi connectivity index (χ0) is 9.30. The minimum absolute atomic E-state index is 0.0528. The largest absolute Gasteiger partial charge is 0.335 e. The predicted octanol–water partition coefficient (Wildman–Crippen LogP) is 1.59. The second kappa shape index (κ2) is 3.12. The van der Waals surface area contributed by atoms with E-state index in [1.54, 1.807) is 0 Å². The molecular weight excluding hydrogens is 207 g/mol. The first-order valence-corrected chi connectivity index (χ1v) is 3.50. The number of nitro groups is 1. The lowest BCUT2D eigenvalue weighted by molar-refractivity contribution is -0.386. The summed E-state index contributed by atoms with van der Waals surface area (Å²) in [6.07, 6.45) is 0. The molecule has 0 atom stereocenters. The monoisotopic (exact) mass is 208 g/mol. The zero-order valence-electron chi connectivity index (χ0n) is 5.51. The normalized spacial score (nSPS) is 9.83. The molecule has 5 nitrogen and oxygen atoms in total. The van der Waals surface area contributed by atoms with Crippen molar-refractivity contribution in [3.8, 4) is 0 Å². The van der Waals surface area contributed by atoms with Gasteiger partial charge in [0.2, 0.25) is 0 Å². The molecule has 7 heteroatoms. The number of nitrogens with zero attached hydrogens (tertiary/aromatic N) is 1. The van der Waals surface area contributed by atoms with Crippen molar-refractivity contribution in [2.24, 2.45) is 0 Å². The van der Waals surface area contributed by atoms with Crippen LogP contribution in [0.15, 0.2) is 10.9 Å². The highest BCUT2D eigenvalue weighted by molar-refractivity contribution is 6.41. The molecule has 1 rings (SSSR count). The molecule has 0 aliphatic carbocycles. The lowest BCUT2D eigenvalue weighted by atomic mass is 10.4. The van der Waals surface area contributed by atoms with Gasteiger partial charge in [-0.05, 0) is 0 Å². The number of aromatic nitrogens is 1. The van der Waals surface area contributed by atoms with Gasteiger partial charge in [0.1, 0.15) is 5.15 Å². The first kappa shape index (κ1) is 9.02. The number of nitrogens with one attached hydrogen (secondary N) is 1. The average Bonchev–Trinajstić information content (AvgIpc) is 1.96. The second-order valence-electron chi connectivity index (χ2n) is 1.90. The van der Waals surface area contributed by atoms with Crippen molar-refractivity contribution in [2.75, 3.05) is 0 Å². The van der Waals surface area contributed by atoms with Crippen molar-refractivity contribution >= 4 is 28.9 Å². The molecule has 64 valence electrons. The predicted molar refractivity (Wildman–Crippen MR) is 43.7 cm³/mol. The van der Waals surface area contributed by atoms with Crippen LogP contribution in [0.2, 0.25) is 10.2 Å². The number of H-pyrrole nitrogens is 1. The molecule has 1 aromatic heterocycles. The van der Waals surface area contributed by atoms with Crippen LogP contribution in [0.25, 0.3) is 0 Å². The molecule has 1 N–H and O–H groups in total. The molecule has 0 saturated heterocycles. The SMILES string of the molecule is O=c1[nH]c(Cl)c(Cl)cc1[N+](=O)[O-]. The Morgan fingerprint density at radius 1 is 1.50 bits per heavy atom. The molecule has 0 aliphatic rings. The quantitative estimate of drug-likeness (QED) is 0.433. The molecule has 12 heavy (non-hydrogen) atoms. The Morgan fingerprint density at radius 2 is 2.08 bits per heavy atom. The first-order chi connectivity index (χ1) is 5.52. The van der Waals surface area contributed by atoms with E-state index in [9.17, 15) is 14.9 Å². The summed E-state index contributed by atoms with van der Waals surface area (Å²) < 4.78 is 0. The van der Waals surface area contributed by atoms with E-state index >= 15 is 0 Å². The third-order valence-electron chi connectivity index (χ3n) is 1.13. The van der Waals surface area contributed by atoms with E-state index < -0.39 is 16.2 Å². The van der Waals surface area contributed by atoms with Crippen molar-refractivity contribution in [3.05, 3.63) is 36.7 Å². The highest BCUT2D eigenvalue weighted by Crippen LogP contribution is 2.20.